The summed E-state index contributed by atoms with van der Waals surface area (Å²) in [6, 6.07) is 6.22. The number of anilines is 1. The largest absolute Gasteiger partial charge is 0.399 e. The number of nitrogens with two attached hydrogens (primary N) is 1. The number of rotatable bonds is 4. The van der Waals surface area contributed by atoms with E-state index in [1.54, 1.807) is 0 Å². The Kier molecular flexibility index (Phi) is 2.98. The molecule has 3 nitrogen and oxygen atoms in total. The Morgan fingerprint density at radius 3 is 2.71 bits per heavy atom. The van der Waals surface area contributed by atoms with E-state index in [9.17, 15) is 0 Å². The molecule has 0 aliphatic heterocycles. The summed E-state index contributed by atoms with van der Waals surface area (Å²) >= 11 is 0. The first kappa shape index (κ1) is 13.2. The molecule has 0 spiro atoms. The molecule has 0 bridgehead atoms. The second kappa shape index (κ2) is 4.75. The van der Waals surface area contributed by atoms with Crippen molar-refractivity contribution in [3.05, 3.63) is 24.0 Å². The van der Waals surface area contributed by atoms with Crippen molar-refractivity contribution in [3.8, 4) is 0 Å². The van der Waals surface area contributed by atoms with Gasteiger partial charge in [-0.3, -0.25) is 0 Å². The average molecular weight is 283 g/mol. The van der Waals surface area contributed by atoms with E-state index in [4.69, 9.17) is 10.7 Å². The summed E-state index contributed by atoms with van der Waals surface area (Å²) in [5.41, 5.74) is 9.63. The molecule has 1 heterocycles. The molecule has 112 valence electrons. The van der Waals surface area contributed by atoms with Crippen molar-refractivity contribution >= 4 is 16.7 Å². The van der Waals surface area contributed by atoms with E-state index in [2.05, 4.69) is 17.6 Å². The van der Waals surface area contributed by atoms with Crippen molar-refractivity contribution in [2.24, 2.45) is 5.41 Å². The summed E-state index contributed by atoms with van der Waals surface area (Å²) in [7, 11) is 0. The minimum Gasteiger partial charge on any atom is -0.399 e. The molecule has 0 radical (unpaired) electrons. The van der Waals surface area contributed by atoms with Gasteiger partial charge >= 0.3 is 0 Å². The zero-order valence-corrected chi connectivity index (χ0v) is 12.9. The second-order valence-corrected chi connectivity index (χ2v) is 7.14. The monoisotopic (exact) mass is 283 g/mol. The van der Waals surface area contributed by atoms with Crippen LogP contribution in [-0.2, 0) is 6.54 Å². The Bertz CT molecular complexity index is 660. The van der Waals surface area contributed by atoms with E-state index in [0.29, 0.717) is 11.3 Å². The van der Waals surface area contributed by atoms with E-state index in [0.717, 1.165) is 17.7 Å². The lowest BCUT2D eigenvalue weighted by Gasteiger charge is -2.29. The molecule has 2 saturated carbocycles. The van der Waals surface area contributed by atoms with Crippen LogP contribution in [0.1, 0.15) is 63.6 Å². The highest BCUT2D eigenvalue weighted by atomic mass is 15.1. The number of fused-ring (bicyclic) bond motifs is 1. The lowest BCUT2D eigenvalue weighted by molar-refractivity contribution is 0.237. The number of benzene rings is 1. The molecule has 1 aromatic carbocycles. The summed E-state index contributed by atoms with van der Waals surface area (Å²) in [5, 5.41) is 0. The Balaban J connectivity index is 1.80. The lowest BCUT2D eigenvalue weighted by atomic mass is 9.83. The van der Waals surface area contributed by atoms with Crippen LogP contribution in [-0.4, -0.2) is 9.55 Å². The summed E-state index contributed by atoms with van der Waals surface area (Å²) in [5.74, 6) is 2.00. The Hall–Kier alpha value is -1.51. The molecule has 0 amide bonds. The summed E-state index contributed by atoms with van der Waals surface area (Å²) in [6.07, 6.45) is 9.43. The highest BCUT2D eigenvalue weighted by molar-refractivity contribution is 5.80. The predicted octanol–water partition coefficient (Wildman–Crippen LogP) is 4.47. The van der Waals surface area contributed by atoms with Gasteiger partial charge in [0.25, 0.3) is 0 Å². The Morgan fingerprint density at radius 2 is 2.05 bits per heavy atom. The molecule has 0 unspecified atom stereocenters. The molecule has 2 aliphatic rings. The van der Waals surface area contributed by atoms with Crippen molar-refractivity contribution in [1.82, 2.24) is 9.55 Å². The fraction of sp³-hybridized carbons (Fsp3) is 0.611. The molecule has 4 rings (SSSR count). The maximum absolute atomic E-state index is 5.94. The van der Waals surface area contributed by atoms with Crippen LogP contribution in [0.5, 0.6) is 0 Å². The van der Waals surface area contributed by atoms with E-state index < -0.39 is 0 Å². The lowest BCUT2D eigenvalue weighted by Crippen LogP contribution is -2.23. The fourth-order valence-electron chi connectivity index (χ4n) is 4.07. The third kappa shape index (κ3) is 2.23. The fourth-order valence-corrected chi connectivity index (χ4v) is 4.07. The van der Waals surface area contributed by atoms with Gasteiger partial charge in [-0.05, 0) is 55.7 Å². The van der Waals surface area contributed by atoms with Crippen LogP contribution in [0, 0.1) is 5.41 Å². The smallest absolute Gasteiger partial charge is 0.113 e. The molecule has 3 heteroatoms. The first-order valence-corrected chi connectivity index (χ1v) is 8.46. The van der Waals surface area contributed by atoms with Gasteiger partial charge in [0.1, 0.15) is 5.82 Å². The maximum Gasteiger partial charge on any atom is 0.113 e. The van der Waals surface area contributed by atoms with Crippen LogP contribution in [0.3, 0.4) is 0 Å². The van der Waals surface area contributed by atoms with Crippen LogP contribution in [0.2, 0.25) is 0 Å². The zero-order chi connectivity index (χ0) is 14.4. The molecular formula is C18H25N3. The molecule has 0 atom stereocenters. The molecule has 0 saturated heterocycles. The number of nitrogen functional groups attached to an aromatic ring is 1. The third-order valence-corrected chi connectivity index (χ3v) is 5.65. The van der Waals surface area contributed by atoms with Crippen LogP contribution in [0.15, 0.2) is 18.2 Å². The van der Waals surface area contributed by atoms with Crippen LogP contribution >= 0.6 is 0 Å². The Morgan fingerprint density at radius 1 is 1.29 bits per heavy atom. The number of imidazole rings is 1. The second-order valence-electron chi connectivity index (χ2n) is 7.14. The van der Waals surface area contributed by atoms with Gasteiger partial charge in [-0.25, -0.2) is 4.98 Å². The molecule has 2 N–H and O–H groups in total. The normalized spacial score (nSPS) is 21.2. The quantitative estimate of drug-likeness (QED) is 0.841. The summed E-state index contributed by atoms with van der Waals surface area (Å²) in [6.45, 7) is 3.51. The van der Waals surface area contributed by atoms with Gasteiger partial charge in [0.15, 0.2) is 0 Å². The van der Waals surface area contributed by atoms with Crippen molar-refractivity contribution in [1.29, 1.82) is 0 Å². The van der Waals surface area contributed by atoms with Gasteiger partial charge in [0.05, 0.1) is 11.0 Å². The molecule has 21 heavy (non-hydrogen) atoms. The SMILES string of the molecule is CCC1(Cn2c(C3CC3)nc3cc(N)ccc32)CCCC1. The van der Waals surface area contributed by atoms with Crippen molar-refractivity contribution < 1.29 is 0 Å². The first-order chi connectivity index (χ1) is 10.2. The van der Waals surface area contributed by atoms with E-state index in [1.165, 1.54) is 56.3 Å². The number of hydrogen-bond acceptors (Lipinski definition) is 2. The molecule has 2 aromatic rings. The van der Waals surface area contributed by atoms with Crippen molar-refractivity contribution in [2.45, 2.75) is 64.3 Å². The standard InChI is InChI=1S/C18H25N3/c1-2-18(9-3-4-10-18)12-21-16-8-7-14(19)11-15(16)20-17(21)13-5-6-13/h7-8,11,13H,2-6,9-10,12,19H2,1H3. The first-order valence-electron chi connectivity index (χ1n) is 8.46. The van der Waals surface area contributed by atoms with Crippen molar-refractivity contribution in [3.63, 3.8) is 0 Å². The van der Waals surface area contributed by atoms with E-state index in [1.807, 2.05) is 12.1 Å². The Labute approximate surface area is 126 Å². The average Bonchev–Trinajstić information content (AvgIpc) is 3.13. The minimum absolute atomic E-state index is 0.499. The van der Waals surface area contributed by atoms with Gasteiger partial charge in [0, 0.05) is 18.2 Å². The highest BCUT2D eigenvalue weighted by Gasteiger charge is 2.36. The molecule has 1 aromatic heterocycles. The van der Waals surface area contributed by atoms with E-state index in [-0.39, 0.29) is 0 Å². The van der Waals surface area contributed by atoms with Crippen LogP contribution in [0.25, 0.3) is 11.0 Å². The van der Waals surface area contributed by atoms with Gasteiger partial charge in [-0.15, -0.1) is 0 Å². The van der Waals surface area contributed by atoms with E-state index >= 15 is 0 Å². The predicted molar refractivity (Wildman–Crippen MR) is 87.3 cm³/mol. The van der Waals surface area contributed by atoms with Crippen LogP contribution < -0.4 is 5.73 Å². The molecular weight excluding hydrogens is 258 g/mol. The minimum atomic E-state index is 0.499. The number of nitrogens with zero attached hydrogens (tertiary/aromatic N) is 2. The van der Waals surface area contributed by atoms with Crippen LogP contribution in [0.4, 0.5) is 5.69 Å². The van der Waals surface area contributed by atoms with Gasteiger partial charge < -0.3 is 10.3 Å². The summed E-state index contributed by atoms with van der Waals surface area (Å²) in [4.78, 5) is 4.93. The third-order valence-electron chi connectivity index (χ3n) is 5.65. The van der Waals surface area contributed by atoms with Crippen molar-refractivity contribution in [2.75, 3.05) is 5.73 Å². The van der Waals surface area contributed by atoms with Gasteiger partial charge in [-0.1, -0.05) is 19.8 Å². The number of hydrogen-bond donors (Lipinski definition) is 1. The molecule has 2 fully saturated rings. The van der Waals surface area contributed by atoms with Gasteiger partial charge in [0.2, 0.25) is 0 Å². The molecule has 2 aliphatic carbocycles. The zero-order valence-electron chi connectivity index (χ0n) is 12.9. The topological polar surface area (TPSA) is 43.8 Å². The summed E-state index contributed by atoms with van der Waals surface area (Å²) < 4.78 is 2.53. The maximum atomic E-state index is 5.94. The van der Waals surface area contributed by atoms with Gasteiger partial charge in [-0.2, -0.15) is 0 Å². The number of aromatic nitrogens is 2. The highest BCUT2D eigenvalue weighted by Crippen LogP contribution is 2.46.